The van der Waals surface area contributed by atoms with E-state index in [1.807, 2.05) is 25.1 Å². The molecular formula is C15H25NO2. The van der Waals surface area contributed by atoms with Crippen LogP contribution >= 0.6 is 0 Å². The largest absolute Gasteiger partial charge is 0.493 e. The molecule has 0 saturated heterocycles. The first-order valence-electron chi connectivity index (χ1n) is 6.75. The summed E-state index contributed by atoms with van der Waals surface area (Å²) in [5, 5.41) is 0. The lowest BCUT2D eigenvalue weighted by atomic mass is 10.1. The Morgan fingerprint density at radius 2 is 1.94 bits per heavy atom. The Labute approximate surface area is 110 Å². The number of hydrogen-bond donors (Lipinski definition) is 1. The lowest BCUT2D eigenvalue weighted by Gasteiger charge is -2.13. The first kappa shape index (κ1) is 14.8. The summed E-state index contributed by atoms with van der Waals surface area (Å²) in [5.41, 5.74) is 6.91. The van der Waals surface area contributed by atoms with Gasteiger partial charge in [0.05, 0.1) is 13.7 Å². The molecule has 0 aromatic heterocycles. The van der Waals surface area contributed by atoms with Gasteiger partial charge in [-0.1, -0.05) is 32.3 Å². The van der Waals surface area contributed by atoms with E-state index in [-0.39, 0.29) is 6.04 Å². The van der Waals surface area contributed by atoms with Crippen molar-refractivity contribution in [3.05, 3.63) is 23.8 Å². The van der Waals surface area contributed by atoms with E-state index in [4.69, 9.17) is 15.2 Å². The number of benzene rings is 1. The van der Waals surface area contributed by atoms with Crippen LogP contribution in [0.15, 0.2) is 18.2 Å². The predicted molar refractivity (Wildman–Crippen MR) is 75.2 cm³/mol. The molecule has 0 amide bonds. The zero-order valence-corrected chi connectivity index (χ0v) is 11.7. The number of methoxy groups -OCH3 is 1. The lowest BCUT2D eigenvalue weighted by Crippen LogP contribution is -2.06. The van der Waals surface area contributed by atoms with Gasteiger partial charge in [0.25, 0.3) is 0 Å². The van der Waals surface area contributed by atoms with Crippen LogP contribution in [0.4, 0.5) is 0 Å². The number of nitrogens with two attached hydrogens (primary N) is 1. The van der Waals surface area contributed by atoms with Crippen molar-refractivity contribution in [1.29, 1.82) is 0 Å². The van der Waals surface area contributed by atoms with Crippen LogP contribution in [0, 0.1) is 0 Å². The molecule has 3 nitrogen and oxygen atoms in total. The minimum absolute atomic E-state index is 0.0116. The quantitative estimate of drug-likeness (QED) is 0.717. The smallest absolute Gasteiger partial charge is 0.161 e. The molecule has 2 N–H and O–H groups in total. The molecule has 0 bridgehead atoms. The van der Waals surface area contributed by atoms with Gasteiger partial charge in [-0.25, -0.2) is 0 Å². The van der Waals surface area contributed by atoms with Crippen LogP contribution in [-0.2, 0) is 0 Å². The Balaban J connectivity index is 2.54. The third-order valence-corrected chi connectivity index (χ3v) is 2.97. The zero-order chi connectivity index (χ0) is 13.4. The maximum Gasteiger partial charge on any atom is 0.161 e. The van der Waals surface area contributed by atoms with E-state index in [0.29, 0.717) is 0 Å². The van der Waals surface area contributed by atoms with Crippen molar-refractivity contribution < 1.29 is 9.47 Å². The third-order valence-electron chi connectivity index (χ3n) is 2.97. The van der Waals surface area contributed by atoms with Crippen molar-refractivity contribution in [3.8, 4) is 11.5 Å². The first-order valence-corrected chi connectivity index (χ1v) is 6.75. The molecule has 18 heavy (non-hydrogen) atoms. The standard InChI is InChI=1S/C15H25NO2/c1-4-5-6-7-10-18-14-9-8-13(12(2)16)11-15(14)17-3/h8-9,11-12H,4-7,10,16H2,1-3H3/t12-/m1/s1. The van der Waals surface area contributed by atoms with E-state index in [2.05, 4.69) is 6.92 Å². The molecule has 1 atom stereocenters. The second-order valence-corrected chi connectivity index (χ2v) is 4.61. The van der Waals surface area contributed by atoms with Gasteiger partial charge in [0.2, 0.25) is 0 Å². The van der Waals surface area contributed by atoms with Gasteiger partial charge in [0, 0.05) is 6.04 Å². The van der Waals surface area contributed by atoms with Gasteiger partial charge in [0.15, 0.2) is 11.5 Å². The lowest BCUT2D eigenvalue weighted by molar-refractivity contribution is 0.285. The number of rotatable bonds is 8. The summed E-state index contributed by atoms with van der Waals surface area (Å²) < 4.78 is 11.1. The maximum absolute atomic E-state index is 5.85. The normalized spacial score (nSPS) is 12.2. The van der Waals surface area contributed by atoms with E-state index in [1.165, 1.54) is 19.3 Å². The first-order chi connectivity index (χ1) is 8.69. The fourth-order valence-electron chi connectivity index (χ4n) is 1.80. The summed E-state index contributed by atoms with van der Waals surface area (Å²) in [7, 11) is 1.66. The van der Waals surface area contributed by atoms with Gasteiger partial charge in [-0.2, -0.15) is 0 Å². The molecule has 3 heteroatoms. The predicted octanol–water partition coefficient (Wildman–Crippen LogP) is 3.67. The fraction of sp³-hybridized carbons (Fsp3) is 0.600. The SMILES string of the molecule is CCCCCCOc1ccc([C@@H](C)N)cc1OC. The fourth-order valence-corrected chi connectivity index (χ4v) is 1.80. The number of unbranched alkanes of at least 4 members (excludes halogenated alkanes) is 3. The highest BCUT2D eigenvalue weighted by Gasteiger charge is 2.07. The molecule has 0 spiro atoms. The van der Waals surface area contributed by atoms with Crippen molar-refractivity contribution in [2.24, 2.45) is 5.73 Å². The van der Waals surface area contributed by atoms with Crippen molar-refractivity contribution in [2.75, 3.05) is 13.7 Å². The number of hydrogen-bond acceptors (Lipinski definition) is 3. The van der Waals surface area contributed by atoms with Crippen molar-refractivity contribution in [2.45, 2.75) is 45.6 Å². The highest BCUT2D eigenvalue weighted by atomic mass is 16.5. The third kappa shape index (κ3) is 4.57. The van der Waals surface area contributed by atoms with Crippen LogP contribution in [-0.4, -0.2) is 13.7 Å². The maximum atomic E-state index is 5.85. The van der Waals surface area contributed by atoms with Gasteiger partial charge >= 0.3 is 0 Å². The second-order valence-electron chi connectivity index (χ2n) is 4.61. The highest BCUT2D eigenvalue weighted by Crippen LogP contribution is 2.29. The van der Waals surface area contributed by atoms with Crippen LogP contribution in [0.5, 0.6) is 11.5 Å². The summed E-state index contributed by atoms with van der Waals surface area (Å²) >= 11 is 0. The Hall–Kier alpha value is -1.22. The van der Waals surface area contributed by atoms with Crippen LogP contribution in [0.3, 0.4) is 0 Å². The van der Waals surface area contributed by atoms with Crippen LogP contribution in [0.1, 0.15) is 51.1 Å². The topological polar surface area (TPSA) is 44.5 Å². The Bertz CT molecular complexity index is 350. The Morgan fingerprint density at radius 3 is 2.56 bits per heavy atom. The van der Waals surface area contributed by atoms with Crippen LogP contribution in [0.2, 0.25) is 0 Å². The molecule has 1 aromatic rings. The molecule has 0 aliphatic carbocycles. The summed E-state index contributed by atoms with van der Waals surface area (Å²) in [4.78, 5) is 0. The molecule has 102 valence electrons. The second kappa shape index (κ2) is 7.98. The van der Waals surface area contributed by atoms with E-state index in [1.54, 1.807) is 7.11 Å². The molecule has 0 saturated carbocycles. The van der Waals surface area contributed by atoms with E-state index in [0.717, 1.165) is 30.1 Å². The minimum atomic E-state index is 0.0116. The molecule has 1 rings (SSSR count). The molecule has 0 radical (unpaired) electrons. The van der Waals surface area contributed by atoms with Crippen molar-refractivity contribution in [3.63, 3.8) is 0 Å². The van der Waals surface area contributed by atoms with Gasteiger partial charge < -0.3 is 15.2 Å². The zero-order valence-electron chi connectivity index (χ0n) is 11.7. The van der Waals surface area contributed by atoms with E-state index in [9.17, 15) is 0 Å². The molecule has 0 unspecified atom stereocenters. The van der Waals surface area contributed by atoms with Crippen LogP contribution < -0.4 is 15.2 Å². The van der Waals surface area contributed by atoms with Gasteiger partial charge in [-0.3, -0.25) is 0 Å². The van der Waals surface area contributed by atoms with Crippen molar-refractivity contribution >= 4 is 0 Å². The summed E-state index contributed by atoms with van der Waals surface area (Å²) in [6.45, 7) is 4.91. The summed E-state index contributed by atoms with van der Waals surface area (Å²) in [6.07, 6.45) is 4.82. The molecule has 0 heterocycles. The van der Waals surface area contributed by atoms with Gasteiger partial charge in [0.1, 0.15) is 0 Å². The van der Waals surface area contributed by atoms with Crippen LogP contribution in [0.25, 0.3) is 0 Å². The van der Waals surface area contributed by atoms with E-state index < -0.39 is 0 Å². The average Bonchev–Trinajstić information content (AvgIpc) is 2.38. The van der Waals surface area contributed by atoms with Gasteiger partial charge in [-0.05, 0) is 31.0 Å². The van der Waals surface area contributed by atoms with E-state index >= 15 is 0 Å². The molecular weight excluding hydrogens is 226 g/mol. The average molecular weight is 251 g/mol. The van der Waals surface area contributed by atoms with Gasteiger partial charge in [-0.15, -0.1) is 0 Å². The molecule has 0 aliphatic heterocycles. The molecule has 0 aliphatic rings. The molecule has 1 aromatic carbocycles. The monoisotopic (exact) mass is 251 g/mol. The number of ether oxygens (including phenoxy) is 2. The Morgan fingerprint density at radius 1 is 1.17 bits per heavy atom. The Kier molecular flexibility index (Phi) is 6.58. The summed E-state index contributed by atoms with van der Waals surface area (Å²) in [6, 6.07) is 5.90. The summed E-state index contributed by atoms with van der Waals surface area (Å²) in [5.74, 6) is 1.57. The van der Waals surface area contributed by atoms with Crippen molar-refractivity contribution in [1.82, 2.24) is 0 Å². The highest BCUT2D eigenvalue weighted by molar-refractivity contribution is 5.43. The minimum Gasteiger partial charge on any atom is -0.493 e. The molecule has 0 fully saturated rings.